The highest BCUT2D eigenvalue weighted by Crippen LogP contribution is 2.17. The highest BCUT2D eigenvalue weighted by molar-refractivity contribution is 6.04. The largest absolute Gasteiger partial charge is 0.497 e. The molecular formula is C18H19NO3. The molecule has 0 radical (unpaired) electrons. The number of carbonyl (C=O) groups is 1. The van der Waals surface area contributed by atoms with E-state index in [9.17, 15) is 4.79 Å². The molecule has 0 aromatic heterocycles. The second-order valence-corrected chi connectivity index (χ2v) is 4.53. The zero-order valence-electron chi connectivity index (χ0n) is 12.7. The topological polar surface area (TPSA) is 47.6 Å². The molecule has 0 aliphatic carbocycles. The molecule has 0 unspecified atom stereocenters. The maximum Gasteiger partial charge on any atom is 0.187 e. The van der Waals surface area contributed by atoms with Gasteiger partial charge in [-0.15, -0.1) is 0 Å². The predicted molar refractivity (Wildman–Crippen MR) is 87.7 cm³/mol. The third-order valence-corrected chi connectivity index (χ3v) is 2.98. The maximum atomic E-state index is 12.1. The summed E-state index contributed by atoms with van der Waals surface area (Å²) in [5.41, 5.74) is 1.45. The number of rotatable bonds is 7. The van der Waals surface area contributed by atoms with Gasteiger partial charge in [0.1, 0.15) is 11.5 Å². The normalized spacial score (nSPS) is 10.5. The van der Waals surface area contributed by atoms with Crippen LogP contribution in [0.5, 0.6) is 11.5 Å². The highest BCUT2D eigenvalue weighted by Gasteiger charge is 2.02. The van der Waals surface area contributed by atoms with Crippen LogP contribution in [0.25, 0.3) is 0 Å². The van der Waals surface area contributed by atoms with Gasteiger partial charge >= 0.3 is 0 Å². The number of methoxy groups -OCH3 is 1. The van der Waals surface area contributed by atoms with Crippen molar-refractivity contribution < 1.29 is 14.3 Å². The molecule has 4 nitrogen and oxygen atoms in total. The smallest absolute Gasteiger partial charge is 0.187 e. The van der Waals surface area contributed by atoms with Crippen molar-refractivity contribution in [2.24, 2.45) is 0 Å². The van der Waals surface area contributed by atoms with Crippen molar-refractivity contribution in [2.45, 2.75) is 6.92 Å². The summed E-state index contributed by atoms with van der Waals surface area (Å²) in [5.74, 6) is 1.36. The van der Waals surface area contributed by atoms with E-state index in [1.807, 2.05) is 31.2 Å². The fourth-order valence-corrected chi connectivity index (χ4v) is 1.93. The van der Waals surface area contributed by atoms with Crippen LogP contribution >= 0.6 is 0 Å². The molecule has 2 aromatic carbocycles. The molecule has 0 spiro atoms. The van der Waals surface area contributed by atoms with Crippen molar-refractivity contribution in [3.8, 4) is 11.5 Å². The number of nitrogens with one attached hydrogen (secondary N) is 1. The van der Waals surface area contributed by atoms with Crippen molar-refractivity contribution in [2.75, 3.05) is 19.0 Å². The van der Waals surface area contributed by atoms with E-state index < -0.39 is 0 Å². The van der Waals surface area contributed by atoms with Gasteiger partial charge in [0.15, 0.2) is 5.78 Å². The lowest BCUT2D eigenvalue weighted by molar-refractivity contribution is 0.104. The van der Waals surface area contributed by atoms with Crippen molar-refractivity contribution in [3.63, 3.8) is 0 Å². The first-order chi connectivity index (χ1) is 10.7. The molecule has 1 N–H and O–H groups in total. The van der Waals surface area contributed by atoms with Crippen LogP contribution in [0, 0.1) is 0 Å². The summed E-state index contributed by atoms with van der Waals surface area (Å²) in [6.45, 7) is 2.56. The molecular weight excluding hydrogens is 278 g/mol. The molecule has 0 fully saturated rings. The molecule has 0 bridgehead atoms. The molecule has 0 aliphatic rings. The van der Waals surface area contributed by atoms with Gasteiger partial charge in [0.05, 0.1) is 13.7 Å². The van der Waals surface area contributed by atoms with E-state index in [-0.39, 0.29) is 5.78 Å². The summed E-state index contributed by atoms with van der Waals surface area (Å²) >= 11 is 0. The van der Waals surface area contributed by atoms with Crippen molar-refractivity contribution >= 4 is 11.5 Å². The van der Waals surface area contributed by atoms with Crippen molar-refractivity contribution in [1.29, 1.82) is 0 Å². The first-order valence-corrected chi connectivity index (χ1v) is 7.07. The van der Waals surface area contributed by atoms with Crippen LogP contribution in [0.3, 0.4) is 0 Å². The third-order valence-electron chi connectivity index (χ3n) is 2.98. The molecule has 2 rings (SSSR count). The summed E-state index contributed by atoms with van der Waals surface area (Å²) in [6, 6.07) is 14.6. The molecule has 0 atom stereocenters. The Morgan fingerprint density at radius 3 is 2.68 bits per heavy atom. The molecule has 2 aromatic rings. The van der Waals surface area contributed by atoms with Gasteiger partial charge < -0.3 is 14.8 Å². The standard InChI is InChI=1S/C18H19NO3/c1-3-22-17-9-5-7-15(13-17)19-11-10-18(20)14-6-4-8-16(12-14)21-2/h4-13,19H,3H2,1-2H3/b11-10+. The van der Waals surface area contributed by atoms with Crippen molar-refractivity contribution in [1.82, 2.24) is 0 Å². The van der Waals surface area contributed by atoms with E-state index in [4.69, 9.17) is 9.47 Å². The van der Waals surface area contributed by atoms with Crippen molar-refractivity contribution in [3.05, 3.63) is 66.4 Å². The average Bonchev–Trinajstić information content (AvgIpc) is 2.55. The number of benzene rings is 2. The van der Waals surface area contributed by atoms with Crippen LogP contribution in [0.1, 0.15) is 17.3 Å². The van der Waals surface area contributed by atoms with Gasteiger partial charge in [-0.1, -0.05) is 18.2 Å². The number of hydrogen-bond acceptors (Lipinski definition) is 4. The van der Waals surface area contributed by atoms with Gasteiger partial charge in [-0.05, 0) is 31.2 Å². The van der Waals surface area contributed by atoms with Gasteiger partial charge in [-0.25, -0.2) is 0 Å². The van der Waals surface area contributed by atoms with Gasteiger partial charge in [-0.3, -0.25) is 4.79 Å². The Hall–Kier alpha value is -2.75. The minimum absolute atomic E-state index is 0.0904. The van der Waals surface area contributed by atoms with Crippen LogP contribution in [-0.4, -0.2) is 19.5 Å². The SMILES string of the molecule is CCOc1cccc(N/C=C/C(=O)c2cccc(OC)c2)c1. The van der Waals surface area contributed by atoms with Gasteiger partial charge in [0.25, 0.3) is 0 Å². The quantitative estimate of drug-likeness (QED) is 0.622. The van der Waals surface area contributed by atoms with E-state index in [1.165, 1.54) is 6.08 Å². The summed E-state index contributed by atoms with van der Waals surface area (Å²) in [5, 5.41) is 3.06. The number of ketones is 1. The third kappa shape index (κ3) is 4.38. The zero-order valence-corrected chi connectivity index (χ0v) is 12.7. The number of carbonyl (C=O) groups excluding carboxylic acids is 1. The molecule has 4 heteroatoms. The Morgan fingerprint density at radius 2 is 1.91 bits per heavy atom. The first-order valence-electron chi connectivity index (χ1n) is 7.07. The molecule has 0 saturated carbocycles. The minimum Gasteiger partial charge on any atom is -0.497 e. The van der Waals surface area contributed by atoms with E-state index in [2.05, 4.69) is 5.32 Å². The lowest BCUT2D eigenvalue weighted by Crippen LogP contribution is -1.97. The molecule has 0 saturated heterocycles. The molecule has 0 aliphatic heterocycles. The second-order valence-electron chi connectivity index (χ2n) is 4.53. The van der Waals surface area contributed by atoms with Crippen LogP contribution in [0.4, 0.5) is 5.69 Å². The highest BCUT2D eigenvalue weighted by atomic mass is 16.5. The number of allylic oxidation sites excluding steroid dienone is 1. The van der Waals surface area contributed by atoms with Crippen LogP contribution < -0.4 is 14.8 Å². The fraction of sp³-hybridized carbons (Fsp3) is 0.167. The molecule has 0 heterocycles. The van der Waals surface area contributed by atoms with Crippen LogP contribution in [0.2, 0.25) is 0 Å². The lowest BCUT2D eigenvalue weighted by Gasteiger charge is -2.05. The van der Waals surface area contributed by atoms with Gasteiger partial charge in [0.2, 0.25) is 0 Å². The van der Waals surface area contributed by atoms with E-state index in [0.29, 0.717) is 17.9 Å². The fourth-order valence-electron chi connectivity index (χ4n) is 1.93. The Labute approximate surface area is 130 Å². The summed E-state index contributed by atoms with van der Waals surface area (Å²) in [4.78, 5) is 12.1. The molecule has 22 heavy (non-hydrogen) atoms. The summed E-state index contributed by atoms with van der Waals surface area (Å²) in [6.07, 6.45) is 3.11. The Kier molecular flexibility index (Phi) is 5.60. The monoisotopic (exact) mass is 297 g/mol. The first kappa shape index (κ1) is 15.6. The summed E-state index contributed by atoms with van der Waals surface area (Å²) in [7, 11) is 1.58. The molecule has 0 amide bonds. The maximum absolute atomic E-state index is 12.1. The molecule has 114 valence electrons. The zero-order chi connectivity index (χ0) is 15.8. The average molecular weight is 297 g/mol. The number of hydrogen-bond donors (Lipinski definition) is 1. The minimum atomic E-state index is -0.0904. The van der Waals surface area contributed by atoms with Gasteiger partial charge in [0, 0.05) is 29.6 Å². The lowest BCUT2D eigenvalue weighted by atomic mass is 10.1. The van der Waals surface area contributed by atoms with E-state index in [0.717, 1.165) is 11.4 Å². The van der Waals surface area contributed by atoms with Gasteiger partial charge in [-0.2, -0.15) is 0 Å². The predicted octanol–water partition coefficient (Wildman–Crippen LogP) is 3.90. The number of anilines is 1. The van der Waals surface area contributed by atoms with Crippen LogP contribution in [0.15, 0.2) is 60.8 Å². The second kappa shape index (κ2) is 7.88. The Bertz CT molecular complexity index is 665. The van der Waals surface area contributed by atoms with E-state index in [1.54, 1.807) is 37.6 Å². The summed E-state index contributed by atoms with van der Waals surface area (Å²) < 4.78 is 10.5. The van der Waals surface area contributed by atoms with E-state index >= 15 is 0 Å². The number of ether oxygens (including phenoxy) is 2. The Morgan fingerprint density at radius 1 is 1.14 bits per heavy atom. The Balaban J connectivity index is 1.99. The van der Waals surface area contributed by atoms with Crippen LogP contribution in [-0.2, 0) is 0 Å².